The Morgan fingerprint density at radius 2 is 1.69 bits per heavy atom. The predicted octanol–water partition coefficient (Wildman–Crippen LogP) is -5.77. The Balaban J connectivity index is 4.22. The second kappa shape index (κ2) is 6.48. The van der Waals surface area contributed by atoms with E-state index < -0.39 is 45.5 Å². The Labute approximate surface area is 93.3 Å². The van der Waals surface area contributed by atoms with Gasteiger partial charge in [-0.15, -0.1) is 0 Å². The Morgan fingerprint density at radius 1 is 1.19 bits per heavy atom. The van der Waals surface area contributed by atoms with E-state index in [9.17, 15) is 16.7 Å². The van der Waals surface area contributed by atoms with Gasteiger partial charge in [0, 0.05) is 0 Å². The van der Waals surface area contributed by atoms with Gasteiger partial charge in [-0.25, -0.2) is 0 Å². The van der Waals surface area contributed by atoms with Gasteiger partial charge in [-0.1, -0.05) is 0 Å². The zero-order valence-corrected chi connectivity index (χ0v) is 9.75. The monoisotopic (exact) mass is 302 g/mol. The van der Waals surface area contributed by atoms with Gasteiger partial charge in [0.2, 0.25) is 0 Å². The molecule has 0 rings (SSSR count). The van der Waals surface area contributed by atoms with E-state index in [1.165, 1.54) is 0 Å². The molecule has 0 aromatic carbocycles. The van der Waals surface area contributed by atoms with Crippen molar-refractivity contribution >= 4 is 20.8 Å². The van der Waals surface area contributed by atoms with Gasteiger partial charge in [-0.05, 0) is 0 Å². The first-order valence-corrected chi connectivity index (χ1v) is 7.09. The van der Waals surface area contributed by atoms with Crippen LogP contribution < -0.4 is 8.19 Å². The summed E-state index contributed by atoms with van der Waals surface area (Å²) < 4.78 is 33.9. The second-order valence-corrected chi connectivity index (χ2v) is 5.34. The van der Waals surface area contributed by atoms with E-state index in [0.717, 1.165) is 0 Å². The van der Waals surface area contributed by atoms with Gasteiger partial charge in [0.15, 0.2) is 0 Å². The minimum atomic E-state index is -5.89. The number of aldehydes is 1. The second-order valence-electron chi connectivity index (χ2n) is 2.92. The first-order valence-electron chi connectivity index (χ1n) is 4.03. The van der Waals surface area contributed by atoms with Crippen LogP contribution in [-0.4, -0.2) is 72.2 Å². The molecule has 0 heterocycles. The molecule has 0 saturated carbocycles. The molecule has 0 aromatic heterocycles. The first-order chi connectivity index (χ1) is 7.19. The van der Waals surface area contributed by atoms with E-state index in [1.54, 1.807) is 0 Å². The molecule has 0 aliphatic carbocycles. The van der Waals surface area contributed by atoms with Crippen LogP contribution >= 0.6 is 0 Å². The van der Waals surface area contributed by atoms with Gasteiger partial charge in [0.1, 0.15) is 0 Å². The fourth-order valence-corrected chi connectivity index (χ4v) is 1.48. The van der Waals surface area contributed by atoms with E-state index in [-0.39, 0.29) is 6.29 Å². The summed E-state index contributed by atoms with van der Waals surface area (Å²) in [5, 5.41) is 35.9. The van der Waals surface area contributed by atoms with Crippen LogP contribution in [0.15, 0.2) is 0 Å². The molecule has 4 N–H and O–H groups in total. The maximum atomic E-state index is 10.1. The SMILES string of the molecule is O=C[C@H](O)[C@@H](O)[C@H](O)[C@H](O)CO[As](=O)([O-])[O-]. The zero-order chi connectivity index (χ0) is 12.9. The van der Waals surface area contributed by atoms with E-state index in [4.69, 9.17) is 20.4 Å². The number of hydrogen-bond acceptors (Lipinski definition) is 9. The van der Waals surface area contributed by atoms with Crippen molar-refractivity contribution in [3.05, 3.63) is 0 Å². The Bertz CT molecular complexity index is 263. The molecule has 9 nitrogen and oxygen atoms in total. The summed E-state index contributed by atoms with van der Waals surface area (Å²) in [5.74, 6) is 0. The van der Waals surface area contributed by atoms with Gasteiger partial charge in [0.25, 0.3) is 0 Å². The molecule has 0 saturated heterocycles. The van der Waals surface area contributed by atoms with Crippen LogP contribution in [0.1, 0.15) is 0 Å². The molecular formula is C6H11AsO9-2. The molecule has 0 aliphatic heterocycles. The summed E-state index contributed by atoms with van der Waals surface area (Å²) in [7, 11) is 0. The maximum absolute atomic E-state index is 10.1. The zero-order valence-electron chi connectivity index (χ0n) is 7.87. The van der Waals surface area contributed by atoms with Gasteiger partial charge < -0.3 is 0 Å². The van der Waals surface area contributed by atoms with Crippen LogP contribution in [0.4, 0.5) is 0 Å². The van der Waals surface area contributed by atoms with Crippen LogP contribution in [0.25, 0.3) is 0 Å². The van der Waals surface area contributed by atoms with E-state index in [0.29, 0.717) is 0 Å². The fourth-order valence-electron chi connectivity index (χ4n) is 0.776. The average Bonchev–Trinajstić information content (AvgIpc) is 2.21. The molecule has 0 bridgehead atoms. The third-order valence-corrected chi connectivity index (χ3v) is 2.61. The first kappa shape index (κ1) is 15.7. The van der Waals surface area contributed by atoms with Crippen LogP contribution in [0.5, 0.6) is 0 Å². The van der Waals surface area contributed by atoms with Crippen molar-refractivity contribution in [2.75, 3.05) is 6.61 Å². The van der Waals surface area contributed by atoms with Crippen molar-refractivity contribution in [2.45, 2.75) is 24.4 Å². The van der Waals surface area contributed by atoms with Crippen molar-refractivity contribution in [2.24, 2.45) is 0 Å². The number of aliphatic hydroxyl groups is 4. The van der Waals surface area contributed by atoms with Crippen LogP contribution in [0, 0.1) is 0 Å². The third-order valence-electron chi connectivity index (χ3n) is 1.64. The molecule has 0 fully saturated rings. The number of carbonyl (C=O) groups is 1. The summed E-state index contributed by atoms with van der Waals surface area (Å²) in [6, 6.07) is 0. The summed E-state index contributed by atoms with van der Waals surface area (Å²) in [5.41, 5.74) is 0. The minimum absolute atomic E-state index is 0.0859. The molecule has 10 heteroatoms. The summed E-state index contributed by atoms with van der Waals surface area (Å²) in [6.07, 6.45) is -8.00. The Hall–Kier alpha value is -0.252. The third kappa shape index (κ3) is 5.73. The molecule has 16 heavy (non-hydrogen) atoms. The van der Waals surface area contributed by atoms with E-state index in [2.05, 4.69) is 3.73 Å². The number of rotatable bonds is 7. The average molecular weight is 302 g/mol. The molecule has 0 aliphatic rings. The van der Waals surface area contributed by atoms with Gasteiger partial charge in [0.05, 0.1) is 0 Å². The normalized spacial score (nSPS) is 19.9. The Kier molecular flexibility index (Phi) is 6.37. The van der Waals surface area contributed by atoms with Gasteiger partial charge >= 0.3 is 92.7 Å². The Morgan fingerprint density at radius 3 is 2.06 bits per heavy atom. The fraction of sp³-hybridized carbons (Fsp3) is 0.833. The molecule has 0 amide bonds. The molecule has 4 atom stereocenters. The van der Waals surface area contributed by atoms with Crippen LogP contribution in [-0.2, 0) is 12.3 Å². The van der Waals surface area contributed by atoms with Crippen LogP contribution in [0.2, 0.25) is 0 Å². The van der Waals surface area contributed by atoms with Crippen molar-refractivity contribution in [1.82, 2.24) is 0 Å². The van der Waals surface area contributed by atoms with Crippen molar-refractivity contribution in [1.29, 1.82) is 0 Å². The number of hydrogen-bond donors (Lipinski definition) is 4. The van der Waals surface area contributed by atoms with E-state index in [1.807, 2.05) is 0 Å². The van der Waals surface area contributed by atoms with Crippen molar-refractivity contribution < 1.29 is 40.9 Å². The van der Waals surface area contributed by atoms with Crippen molar-refractivity contribution in [3.63, 3.8) is 0 Å². The number of aliphatic hydroxyl groups excluding tert-OH is 4. The molecule has 0 unspecified atom stereocenters. The van der Waals surface area contributed by atoms with Gasteiger partial charge in [-0.3, -0.25) is 0 Å². The number of carbonyl (C=O) groups excluding carboxylic acids is 1. The quantitative estimate of drug-likeness (QED) is 0.264. The standard InChI is InChI=1S/C6H13AsO9/c8-1-3(9)5(11)6(12)4(10)2-16-7(13,14)15/h1,3-6,9-12H,2H2,(H2,13,14,15)/p-2/t3-,4+,5+,6+/m0/s1. The molecular weight excluding hydrogens is 291 g/mol. The molecule has 0 spiro atoms. The summed E-state index contributed by atoms with van der Waals surface area (Å²) in [4.78, 5) is 10.0. The van der Waals surface area contributed by atoms with E-state index >= 15 is 0 Å². The summed E-state index contributed by atoms with van der Waals surface area (Å²) >= 11 is -5.89. The van der Waals surface area contributed by atoms with Gasteiger partial charge in [-0.2, -0.15) is 0 Å². The molecule has 0 radical (unpaired) electrons. The molecule has 0 aromatic rings. The predicted molar refractivity (Wildman–Crippen MR) is 42.5 cm³/mol. The summed E-state index contributed by atoms with van der Waals surface area (Å²) in [6.45, 7) is -1.06. The van der Waals surface area contributed by atoms with Crippen LogP contribution in [0.3, 0.4) is 0 Å². The molecule has 96 valence electrons. The van der Waals surface area contributed by atoms with Crippen molar-refractivity contribution in [3.8, 4) is 0 Å². The topological polar surface area (TPSA) is 170 Å².